The molecule has 0 spiro atoms. The molecule has 0 aliphatic rings. The van der Waals surface area contributed by atoms with Gasteiger partial charge in [-0.3, -0.25) is 9.36 Å². The van der Waals surface area contributed by atoms with E-state index in [0.29, 0.717) is 23.4 Å². The zero-order valence-electron chi connectivity index (χ0n) is 12.4. The molecular weight excluding hydrogens is 284 g/mol. The molecule has 7 nitrogen and oxygen atoms in total. The van der Waals surface area contributed by atoms with Gasteiger partial charge >= 0.3 is 11.7 Å². The van der Waals surface area contributed by atoms with Gasteiger partial charge in [-0.1, -0.05) is 19.1 Å². The maximum Gasteiger partial charge on any atom is 0.336 e. The molecule has 0 saturated heterocycles. The topological polar surface area (TPSA) is 78.5 Å². The van der Waals surface area contributed by atoms with Gasteiger partial charge in [0.15, 0.2) is 5.65 Å². The Balaban J connectivity index is 2.34. The van der Waals surface area contributed by atoms with Gasteiger partial charge in [0.05, 0.1) is 12.1 Å². The van der Waals surface area contributed by atoms with Crippen LogP contribution in [-0.2, 0) is 22.5 Å². The van der Waals surface area contributed by atoms with Crippen LogP contribution < -0.4 is 5.69 Å². The quantitative estimate of drug-likeness (QED) is 0.676. The van der Waals surface area contributed by atoms with Crippen LogP contribution in [0.4, 0.5) is 0 Å². The molecule has 0 bridgehead atoms. The Morgan fingerprint density at radius 3 is 2.73 bits per heavy atom. The van der Waals surface area contributed by atoms with Gasteiger partial charge in [-0.05, 0) is 19.1 Å². The van der Waals surface area contributed by atoms with E-state index < -0.39 is 5.97 Å². The molecule has 3 aromatic rings. The highest BCUT2D eigenvalue weighted by molar-refractivity contribution is 5.91. The van der Waals surface area contributed by atoms with Crippen molar-refractivity contribution in [1.29, 1.82) is 0 Å². The second-order valence-corrected chi connectivity index (χ2v) is 4.82. The molecule has 0 unspecified atom stereocenters. The van der Waals surface area contributed by atoms with Crippen molar-refractivity contribution in [1.82, 2.24) is 19.2 Å². The van der Waals surface area contributed by atoms with E-state index in [1.807, 2.05) is 25.1 Å². The Labute approximate surface area is 126 Å². The molecule has 0 radical (unpaired) electrons. The van der Waals surface area contributed by atoms with Crippen LogP contribution in [0.3, 0.4) is 0 Å². The number of fused-ring (bicyclic) bond motifs is 3. The molecule has 114 valence electrons. The van der Waals surface area contributed by atoms with E-state index in [9.17, 15) is 9.59 Å². The summed E-state index contributed by atoms with van der Waals surface area (Å²) in [6, 6.07) is 7.33. The average molecular weight is 300 g/mol. The summed E-state index contributed by atoms with van der Waals surface area (Å²) in [6.07, 6.45) is 0.578. The van der Waals surface area contributed by atoms with Crippen LogP contribution in [0.5, 0.6) is 0 Å². The van der Waals surface area contributed by atoms with Crippen LogP contribution in [-0.4, -0.2) is 31.7 Å². The molecule has 7 heteroatoms. The number of rotatable bonds is 4. The van der Waals surface area contributed by atoms with Crippen LogP contribution in [0.25, 0.3) is 16.6 Å². The second kappa shape index (κ2) is 5.59. The molecule has 0 amide bonds. The lowest BCUT2D eigenvalue weighted by molar-refractivity contribution is -0.143. The number of aryl methyl sites for hydroxylation is 1. The summed E-state index contributed by atoms with van der Waals surface area (Å²) in [7, 11) is 0. The van der Waals surface area contributed by atoms with Gasteiger partial charge in [-0.15, -0.1) is 10.2 Å². The minimum Gasteiger partial charge on any atom is -0.465 e. The third-order valence-corrected chi connectivity index (χ3v) is 3.50. The lowest BCUT2D eigenvalue weighted by atomic mass is 10.2. The predicted octanol–water partition coefficient (Wildman–Crippen LogP) is 1.17. The molecule has 0 fully saturated rings. The normalized spacial score (nSPS) is 11.2. The fourth-order valence-electron chi connectivity index (χ4n) is 2.53. The summed E-state index contributed by atoms with van der Waals surface area (Å²) >= 11 is 0. The van der Waals surface area contributed by atoms with Crippen molar-refractivity contribution in [2.75, 3.05) is 6.61 Å². The lowest BCUT2D eigenvalue weighted by Gasteiger charge is -2.11. The lowest BCUT2D eigenvalue weighted by Crippen LogP contribution is -2.31. The molecule has 2 heterocycles. The van der Waals surface area contributed by atoms with E-state index in [4.69, 9.17) is 4.74 Å². The van der Waals surface area contributed by atoms with Gasteiger partial charge in [0.25, 0.3) is 0 Å². The highest BCUT2D eigenvalue weighted by Gasteiger charge is 2.17. The summed E-state index contributed by atoms with van der Waals surface area (Å²) in [6.45, 7) is 3.78. The number of hydrogen-bond acceptors (Lipinski definition) is 5. The molecule has 0 aliphatic carbocycles. The van der Waals surface area contributed by atoms with Crippen LogP contribution >= 0.6 is 0 Å². The van der Waals surface area contributed by atoms with Crippen molar-refractivity contribution in [3.05, 3.63) is 40.6 Å². The summed E-state index contributed by atoms with van der Waals surface area (Å²) in [5.41, 5.74) is 0.823. The molecule has 3 rings (SSSR count). The van der Waals surface area contributed by atoms with Crippen molar-refractivity contribution in [3.63, 3.8) is 0 Å². The molecule has 0 N–H and O–H groups in total. The summed E-state index contributed by atoms with van der Waals surface area (Å²) in [4.78, 5) is 24.6. The van der Waals surface area contributed by atoms with Gasteiger partial charge in [0.2, 0.25) is 0 Å². The fourth-order valence-corrected chi connectivity index (χ4v) is 2.53. The predicted molar refractivity (Wildman–Crippen MR) is 80.8 cm³/mol. The average Bonchev–Trinajstić information content (AvgIpc) is 2.96. The van der Waals surface area contributed by atoms with Gasteiger partial charge in [-0.2, -0.15) is 0 Å². The number of nitrogens with zero attached hydrogens (tertiary/aromatic N) is 4. The highest BCUT2D eigenvalue weighted by Crippen LogP contribution is 2.17. The van der Waals surface area contributed by atoms with Crippen molar-refractivity contribution >= 4 is 22.5 Å². The monoisotopic (exact) mass is 300 g/mol. The summed E-state index contributed by atoms with van der Waals surface area (Å²) in [5, 5.41) is 8.96. The van der Waals surface area contributed by atoms with Crippen molar-refractivity contribution in [3.8, 4) is 0 Å². The maximum absolute atomic E-state index is 12.8. The molecular formula is C15H16N4O3. The van der Waals surface area contributed by atoms with Gasteiger partial charge in [-0.25, -0.2) is 9.20 Å². The van der Waals surface area contributed by atoms with Crippen molar-refractivity contribution in [2.45, 2.75) is 26.8 Å². The van der Waals surface area contributed by atoms with Crippen molar-refractivity contribution in [2.24, 2.45) is 0 Å². The minimum atomic E-state index is -0.444. The molecule has 1 aromatic carbocycles. The van der Waals surface area contributed by atoms with Gasteiger partial charge in [0.1, 0.15) is 12.4 Å². The van der Waals surface area contributed by atoms with E-state index in [0.717, 1.165) is 5.39 Å². The van der Waals surface area contributed by atoms with Crippen LogP contribution in [0, 0.1) is 0 Å². The van der Waals surface area contributed by atoms with Gasteiger partial charge in [0, 0.05) is 11.8 Å². The zero-order valence-corrected chi connectivity index (χ0v) is 12.4. The second-order valence-electron chi connectivity index (χ2n) is 4.82. The third-order valence-electron chi connectivity index (χ3n) is 3.50. The Bertz CT molecular complexity index is 910. The Kier molecular flexibility index (Phi) is 3.62. The maximum atomic E-state index is 12.8. The number of ether oxygens (including phenoxy) is 1. The Morgan fingerprint density at radius 1 is 1.23 bits per heavy atom. The zero-order chi connectivity index (χ0) is 15.7. The SMILES string of the molecule is CCOC(=O)Cn1c(=O)n2c(CC)nnc2c2ccccc21. The van der Waals surface area contributed by atoms with Crippen LogP contribution in [0.15, 0.2) is 29.1 Å². The van der Waals surface area contributed by atoms with Crippen LogP contribution in [0.1, 0.15) is 19.7 Å². The van der Waals surface area contributed by atoms with Crippen LogP contribution in [0.2, 0.25) is 0 Å². The number of esters is 1. The first-order valence-electron chi connectivity index (χ1n) is 7.18. The van der Waals surface area contributed by atoms with E-state index in [1.165, 1.54) is 8.97 Å². The largest absolute Gasteiger partial charge is 0.465 e. The standard InChI is InChI=1S/C15H16N4O3/c1-3-12-16-17-14-10-7-5-6-8-11(10)18(15(21)19(12)14)9-13(20)22-4-2/h5-8H,3-4,9H2,1-2H3. The van der Waals surface area contributed by atoms with E-state index in [-0.39, 0.29) is 18.8 Å². The highest BCUT2D eigenvalue weighted by atomic mass is 16.5. The summed E-state index contributed by atoms with van der Waals surface area (Å²) in [5.74, 6) is 0.128. The van der Waals surface area contributed by atoms with E-state index in [1.54, 1.807) is 13.0 Å². The number of carbonyl (C=O) groups excluding carboxylic acids is 1. The number of benzene rings is 1. The molecule has 22 heavy (non-hydrogen) atoms. The van der Waals surface area contributed by atoms with Gasteiger partial charge < -0.3 is 4.74 Å². The third kappa shape index (κ3) is 2.14. The Hall–Kier alpha value is -2.70. The number of para-hydroxylation sites is 1. The summed E-state index contributed by atoms with van der Waals surface area (Å²) < 4.78 is 7.83. The molecule has 0 aliphatic heterocycles. The number of hydrogen-bond donors (Lipinski definition) is 0. The first kappa shape index (κ1) is 14.2. The Morgan fingerprint density at radius 2 is 2.00 bits per heavy atom. The molecule has 2 aromatic heterocycles. The number of aromatic nitrogens is 4. The molecule has 0 atom stereocenters. The fraction of sp³-hybridized carbons (Fsp3) is 0.333. The first-order valence-corrected chi connectivity index (χ1v) is 7.18. The van der Waals surface area contributed by atoms with E-state index in [2.05, 4.69) is 10.2 Å². The number of carbonyl (C=O) groups is 1. The molecule has 0 saturated carbocycles. The minimum absolute atomic E-state index is 0.134. The van der Waals surface area contributed by atoms with E-state index >= 15 is 0 Å². The smallest absolute Gasteiger partial charge is 0.336 e. The van der Waals surface area contributed by atoms with Crippen molar-refractivity contribution < 1.29 is 9.53 Å². The first-order chi connectivity index (χ1) is 10.7.